The molecule has 2 N–H and O–H groups in total. The van der Waals surface area contributed by atoms with Gasteiger partial charge in [-0.15, -0.1) is 0 Å². The molecule has 2 aliphatic heterocycles. The largest absolute Gasteiger partial charge is 0.491 e. The van der Waals surface area contributed by atoms with Crippen LogP contribution >= 0.6 is 0 Å². The van der Waals surface area contributed by atoms with Crippen LogP contribution in [0.1, 0.15) is 48.7 Å². The van der Waals surface area contributed by atoms with E-state index in [1.807, 2.05) is 18.7 Å². The van der Waals surface area contributed by atoms with Gasteiger partial charge >= 0.3 is 0 Å². The molecular weight excluding hydrogens is 324 g/mol. The maximum absolute atomic E-state index is 13.2. The zero-order valence-corrected chi connectivity index (χ0v) is 14.6. The summed E-state index contributed by atoms with van der Waals surface area (Å²) in [6.45, 7) is 5.90. The Hall–Kier alpha value is -2.12. The average Bonchev–Trinajstić information content (AvgIpc) is 2.79. The topological polar surface area (TPSA) is 88.1 Å². The smallest absolute Gasteiger partial charge is 0.274 e. The highest BCUT2D eigenvalue weighted by atomic mass is 16.5. The van der Waals surface area contributed by atoms with E-state index >= 15 is 0 Å². The number of nitrogens with zero attached hydrogens (tertiary/aromatic N) is 1. The fourth-order valence-corrected chi connectivity index (χ4v) is 3.55. The fourth-order valence-electron chi connectivity index (χ4n) is 3.55. The van der Waals surface area contributed by atoms with Crippen LogP contribution in [0.3, 0.4) is 0 Å². The van der Waals surface area contributed by atoms with Crippen LogP contribution < -0.4 is 10.2 Å². The van der Waals surface area contributed by atoms with E-state index in [0.29, 0.717) is 37.7 Å². The summed E-state index contributed by atoms with van der Waals surface area (Å²) in [7, 11) is 0. The first kappa shape index (κ1) is 17.7. The van der Waals surface area contributed by atoms with Gasteiger partial charge in [0.15, 0.2) is 0 Å². The highest BCUT2D eigenvalue weighted by molar-refractivity contribution is 5.94. The van der Waals surface area contributed by atoms with Crippen LogP contribution in [-0.2, 0) is 9.53 Å². The molecule has 1 fully saturated rings. The summed E-state index contributed by atoms with van der Waals surface area (Å²) in [5, 5.41) is 8.78. The normalized spacial score (nSPS) is 26.2. The molecule has 136 valence electrons. The molecule has 0 radical (unpaired) electrons. The lowest BCUT2D eigenvalue weighted by Crippen LogP contribution is -2.48. The molecule has 0 spiro atoms. The number of carbonyl (C=O) groups is 2. The van der Waals surface area contributed by atoms with Gasteiger partial charge in [0.25, 0.3) is 5.91 Å². The van der Waals surface area contributed by atoms with Crippen LogP contribution in [0.2, 0.25) is 0 Å². The van der Waals surface area contributed by atoms with E-state index in [-0.39, 0.29) is 11.9 Å². The van der Waals surface area contributed by atoms with Gasteiger partial charge in [0, 0.05) is 17.7 Å². The summed E-state index contributed by atoms with van der Waals surface area (Å²) in [5.74, 6) is 0.0466. The number of hydrogen-bond acceptors (Lipinski definition) is 5. The van der Waals surface area contributed by atoms with Gasteiger partial charge in [-0.2, -0.15) is 0 Å². The number of fused-ring (bicyclic) bond motifs is 1. The fraction of sp³-hybridized carbons (Fsp3) is 0.556. The molecule has 2 aliphatic rings. The average molecular weight is 348 g/mol. The lowest BCUT2D eigenvalue weighted by molar-refractivity contribution is -0.151. The molecule has 1 aromatic rings. The molecule has 1 aromatic carbocycles. The molecule has 2 amide bonds. The highest BCUT2D eigenvalue weighted by Gasteiger charge is 2.41. The number of benzene rings is 1. The number of hydrogen-bond donors (Lipinski definition) is 2. The van der Waals surface area contributed by atoms with Crippen molar-refractivity contribution in [2.45, 2.75) is 32.7 Å². The van der Waals surface area contributed by atoms with E-state index in [1.165, 1.54) is 0 Å². The first-order chi connectivity index (χ1) is 12.0. The van der Waals surface area contributed by atoms with Crippen molar-refractivity contribution in [1.29, 1.82) is 0 Å². The Balaban J connectivity index is 1.87. The first-order valence-electron chi connectivity index (χ1n) is 8.56. The second kappa shape index (κ2) is 7.01. The van der Waals surface area contributed by atoms with Crippen LogP contribution in [0, 0.1) is 5.41 Å². The molecule has 0 bridgehead atoms. The summed E-state index contributed by atoms with van der Waals surface area (Å²) < 4.78 is 11.3. The summed E-state index contributed by atoms with van der Waals surface area (Å²) in [6, 6.07) is 4.81. The Morgan fingerprint density at radius 1 is 1.36 bits per heavy atom. The van der Waals surface area contributed by atoms with Crippen molar-refractivity contribution in [1.82, 2.24) is 10.4 Å². The van der Waals surface area contributed by atoms with E-state index in [2.05, 4.69) is 0 Å². The van der Waals surface area contributed by atoms with E-state index < -0.39 is 11.3 Å². The Morgan fingerprint density at radius 3 is 2.84 bits per heavy atom. The Labute approximate surface area is 146 Å². The van der Waals surface area contributed by atoms with Gasteiger partial charge in [0.05, 0.1) is 24.6 Å². The number of amides is 2. The third-order valence-corrected chi connectivity index (χ3v) is 5.10. The number of hydroxylamine groups is 1. The Morgan fingerprint density at radius 2 is 2.16 bits per heavy atom. The van der Waals surface area contributed by atoms with E-state index in [4.69, 9.17) is 14.7 Å². The van der Waals surface area contributed by atoms with E-state index in [0.717, 1.165) is 18.4 Å². The van der Waals surface area contributed by atoms with Crippen molar-refractivity contribution in [3.05, 3.63) is 29.3 Å². The third kappa shape index (κ3) is 3.34. The SMILES string of the molecule is CC1c2ccc(C(=O)NO)cc2OCCN1C(=O)C1(C)CCCOC1. The van der Waals surface area contributed by atoms with Gasteiger partial charge in [0.2, 0.25) is 5.91 Å². The molecule has 0 aliphatic carbocycles. The van der Waals surface area contributed by atoms with Crippen LogP contribution in [0.4, 0.5) is 0 Å². The zero-order valence-electron chi connectivity index (χ0n) is 14.6. The van der Waals surface area contributed by atoms with Gasteiger partial charge in [-0.1, -0.05) is 6.07 Å². The van der Waals surface area contributed by atoms with Crippen molar-refractivity contribution >= 4 is 11.8 Å². The molecule has 0 saturated carbocycles. The summed E-state index contributed by atoms with van der Waals surface area (Å²) in [5.41, 5.74) is 2.26. The van der Waals surface area contributed by atoms with Gasteiger partial charge in [-0.25, -0.2) is 5.48 Å². The van der Waals surface area contributed by atoms with Crippen LogP contribution in [0.25, 0.3) is 0 Å². The van der Waals surface area contributed by atoms with Crippen LogP contribution in [0.15, 0.2) is 18.2 Å². The molecule has 1 saturated heterocycles. The number of ether oxygens (including phenoxy) is 2. The predicted octanol–water partition coefficient (Wildman–Crippen LogP) is 1.90. The molecule has 0 aromatic heterocycles. The standard InChI is InChI=1S/C18H24N2O5/c1-12-14-5-4-13(16(21)19-23)10-15(14)25-9-7-20(12)17(22)18(2)6-3-8-24-11-18/h4-5,10,12,23H,3,6-9,11H2,1-2H3,(H,19,21). The zero-order chi connectivity index (χ0) is 18.0. The summed E-state index contributed by atoms with van der Waals surface area (Å²) >= 11 is 0. The maximum Gasteiger partial charge on any atom is 0.274 e. The molecule has 25 heavy (non-hydrogen) atoms. The minimum atomic E-state index is -0.594. The molecule has 2 heterocycles. The van der Waals surface area contributed by atoms with Crippen LogP contribution in [-0.4, -0.2) is 48.3 Å². The lowest BCUT2D eigenvalue weighted by atomic mass is 9.82. The maximum atomic E-state index is 13.2. The number of carbonyl (C=O) groups excluding carboxylic acids is 2. The Bertz CT molecular complexity index is 669. The van der Waals surface area contributed by atoms with Crippen molar-refractivity contribution in [2.75, 3.05) is 26.4 Å². The van der Waals surface area contributed by atoms with Crippen molar-refractivity contribution in [2.24, 2.45) is 5.41 Å². The predicted molar refractivity (Wildman–Crippen MR) is 89.5 cm³/mol. The minimum absolute atomic E-state index is 0.0772. The van der Waals surface area contributed by atoms with E-state index in [9.17, 15) is 9.59 Å². The first-order valence-corrected chi connectivity index (χ1v) is 8.56. The van der Waals surface area contributed by atoms with Crippen molar-refractivity contribution in [3.8, 4) is 5.75 Å². The molecule has 3 rings (SSSR count). The monoisotopic (exact) mass is 348 g/mol. The van der Waals surface area contributed by atoms with Gasteiger partial charge in [-0.05, 0) is 38.8 Å². The second-order valence-corrected chi connectivity index (χ2v) is 6.93. The summed E-state index contributed by atoms with van der Waals surface area (Å²) in [4.78, 5) is 26.6. The van der Waals surface area contributed by atoms with Crippen molar-refractivity contribution < 1.29 is 24.3 Å². The molecule has 7 nitrogen and oxygen atoms in total. The van der Waals surface area contributed by atoms with Crippen molar-refractivity contribution in [3.63, 3.8) is 0 Å². The minimum Gasteiger partial charge on any atom is -0.491 e. The van der Waals surface area contributed by atoms with Gasteiger partial charge < -0.3 is 14.4 Å². The van der Waals surface area contributed by atoms with E-state index in [1.54, 1.807) is 23.7 Å². The quantitative estimate of drug-likeness (QED) is 0.630. The summed E-state index contributed by atoms with van der Waals surface area (Å²) in [6.07, 6.45) is 1.70. The number of rotatable bonds is 2. The number of nitrogens with one attached hydrogen (secondary N) is 1. The second-order valence-electron chi connectivity index (χ2n) is 6.93. The highest BCUT2D eigenvalue weighted by Crippen LogP contribution is 2.37. The molecule has 2 atom stereocenters. The third-order valence-electron chi connectivity index (χ3n) is 5.10. The van der Waals surface area contributed by atoms with Crippen LogP contribution in [0.5, 0.6) is 5.75 Å². The molecule has 2 unspecified atom stereocenters. The lowest BCUT2D eigenvalue weighted by Gasteiger charge is -2.38. The molecule has 7 heteroatoms. The van der Waals surface area contributed by atoms with Gasteiger partial charge in [-0.3, -0.25) is 14.8 Å². The Kier molecular flexibility index (Phi) is 4.96. The molecular formula is C18H24N2O5. The van der Waals surface area contributed by atoms with Gasteiger partial charge in [0.1, 0.15) is 12.4 Å².